The normalized spacial score (nSPS) is 17.0. The number of fused-ring (bicyclic) bond motifs is 8. The van der Waals surface area contributed by atoms with E-state index in [1.165, 1.54) is 0 Å². The summed E-state index contributed by atoms with van der Waals surface area (Å²) in [7, 11) is 0. The molecular formula is C40H24O. The Kier molecular flexibility index (Phi) is 2.59. The minimum atomic E-state index is -0.758. The SMILES string of the molecule is [2H]c1c([2H])c([2H])c2c(-c3c4c([2H])c([2H])c([2H])c([2H])c4c(-c4cccc5oc6c7ccccc7ccc6c45)c4c([2H])c([2H])c([2H])c([2H])c34)c([2H])c([2H])c([2H])c2c1[2H]. The molecule has 190 valence electrons. The Morgan fingerprint density at radius 1 is 0.415 bits per heavy atom. The Bertz CT molecular complexity index is 3220. The third-order valence-corrected chi connectivity index (χ3v) is 7.59. The van der Waals surface area contributed by atoms with Crippen LogP contribution in [0.15, 0.2) is 150 Å². The quantitative estimate of drug-likeness (QED) is 0.201. The first kappa shape index (κ1) is 12.4. The molecule has 1 heterocycles. The molecule has 1 aromatic heterocycles. The monoisotopic (exact) mass is 535 g/mol. The Morgan fingerprint density at radius 3 is 1.80 bits per heavy atom. The molecule has 0 spiro atoms. The summed E-state index contributed by atoms with van der Waals surface area (Å²) in [6, 6.07) is 6.15. The molecule has 0 aliphatic heterocycles. The summed E-state index contributed by atoms with van der Waals surface area (Å²) < 4.78 is 141. The lowest BCUT2D eigenvalue weighted by molar-refractivity contribution is 0.673. The van der Waals surface area contributed by atoms with Gasteiger partial charge in [-0.15, -0.1) is 0 Å². The molecule has 0 N–H and O–H groups in total. The van der Waals surface area contributed by atoms with Gasteiger partial charge in [-0.2, -0.15) is 0 Å². The zero-order chi connectivity index (χ0) is 40.0. The first-order chi connectivity index (χ1) is 26.6. The van der Waals surface area contributed by atoms with Crippen LogP contribution >= 0.6 is 0 Å². The van der Waals surface area contributed by atoms with Gasteiger partial charge in [0, 0.05) is 16.2 Å². The molecule has 8 aromatic carbocycles. The molecule has 0 fully saturated rings. The molecule has 0 aliphatic carbocycles. The van der Waals surface area contributed by atoms with Crippen LogP contribution in [-0.4, -0.2) is 0 Å². The summed E-state index contributed by atoms with van der Waals surface area (Å²) in [5.41, 5.74) is 0.442. The Hall–Kier alpha value is -5.40. The van der Waals surface area contributed by atoms with E-state index in [2.05, 4.69) is 0 Å². The van der Waals surface area contributed by atoms with Crippen LogP contribution in [0.1, 0.15) is 20.6 Å². The van der Waals surface area contributed by atoms with Gasteiger partial charge in [-0.3, -0.25) is 0 Å². The number of furan rings is 1. The van der Waals surface area contributed by atoms with E-state index in [0.717, 1.165) is 10.8 Å². The number of benzene rings is 8. The van der Waals surface area contributed by atoms with E-state index in [0.29, 0.717) is 27.5 Å². The van der Waals surface area contributed by atoms with Crippen LogP contribution in [0.5, 0.6) is 0 Å². The molecule has 1 nitrogen and oxygen atoms in total. The van der Waals surface area contributed by atoms with Crippen molar-refractivity contribution in [2.24, 2.45) is 0 Å². The van der Waals surface area contributed by atoms with Crippen molar-refractivity contribution in [2.75, 3.05) is 0 Å². The van der Waals surface area contributed by atoms with Gasteiger partial charge in [-0.1, -0.05) is 133 Å². The first-order valence-corrected chi connectivity index (χ1v) is 12.9. The van der Waals surface area contributed by atoms with E-state index < -0.39 is 107 Å². The van der Waals surface area contributed by atoms with E-state index in [-0.39, 0.29) is 32.7 Å². The molecule has 0 saturated heterocycles. The second kappa shape index (κ2) is 8.55. The Balaban J connectivity index is 1.65. The maximum absolute atomic E-state index is 9.40. The summed E-state index contributed by atoms with van der Waals surface area (Å²) in [4.78, 5) is 0. The molecular weight excluding hydrogens is 496 g/mol. The van der Waals surface area contributed by atoms with Crippen molar-refractivity contribution in [1.29, 1.82) is 0 Å². The van der Waals surface area contributed by atoms with Gasteiger partial charge < -0.3 is 4.42 Å². The average molecular weight is 536 g/mol. The molecule has 0 unspecified atom stereocenters. The van der Waals surface area contributed by atoms with Gasteiger partial charge in [-0.05, 0) is 72.1 Å². The second-order valence-electron chi connectivity index (χ2n) is 9.69. The predicted molar refractivity (Wildman–Crippen MR) is 175 cm³/mol. The molecule has 0 radical (unpaired) electrons. The van der Waals surface area contributed by atoms with Gasteiger partial charge in [0.25, 0.3) is 0 Å². The highest BCUT2D eigenvalue weighted by Crippen LogP contribution is 2.48. The molecule has 0 aliphatic rings. The molecule has 0 saturated carbocycles. The van der Waals surface area contributed by atoms with Gasteiger partial charge in [0.15, 0.2) is 0 Å². The van der Waals surface area contributed by atoms with Gasteiger partial charge in [-0.25, -0.2) is 0 Å². The van der Waals surface area contributed by atoms with Crippen LogP contribution < -0.4 is 0 Å². The van der Waals surface area contributed by atoms with Crippen LogP contribution in [-0.2, 0) is 0 Å². The van der Waals surface area contributed by atoms with Crippen molar-refractivity contribution >= 4 is 65.0 Å². The number of rotatable bonds is 2. The highest BCUT2D eigenvalue weighted by molar-refractivity contribution is 6.28. The van der Waals surface area contributed by atoms with Crippen LogP contribution in [0.4, 0.5) is 0 Å². The fourth-order valence-electron chi connectivity index (χ4n) is 5.91. The van der Waals surface area contributed by atoms with Crippen LogP contribution in [0.2, 0.25) is 0 Å². The third kappa shape index (κ3) is 3.18. The molecule has 0 bridgehead atoms. The van der Waals surface area contributed by atoms with Crippen molar-refractivity contribution in [2.45, 2.75) is 0 Å². The smallest absolute Gasteiger partial charge is 0.143 e. The molecule has 1 heteroatoms. The molecule has 9 rings (SSSR count). The lowest BCUT2D eigenvalue weighted by atomic mass is 9.84. The van der Waals surface area contributed by atoms with Gasteiger partial charge in [0.2, 0.25) is 0 Å². The summed E-state index contributed by atoms with van der Waals surface area (Å²) in [6.45, 7) is 0. The van der Waals surface area contributed by atoms with Crippen LogP contribution in [0, 0.1) is 0 Å². The van der Waals surface area contributed by atoms with Crippen molar-refractivity contribution in [3.8, 4) is 22.3 Å². The van der Waals surface area contributed by atoms with Gasteiger partial charge in [0.05, 0.1) is 20.6 Å². The Labute approximate surface area is 258 Å². The molecule has 0 amide bonds. The van der Waals surface area contributed by atoms with Crippen molar-refractivity contribution < 1.29 is 25.0 Å². The van der Waals surface area contributed by atoms with Gasteiger partial charge in [0.1, 0.15) is 11.2 Å². The van der Waals surface area contributed by atoms with Crippen molar-refractivity contribution in [3.05, 3.63) is 145 Å². The number of hydrogen-bond donors (Lipinski definition) is 0. The topological polar surface area (TPSA) is 13.1 Å². The van der Waals surface area contributed by atoms with E-state index in [4.69, 9.17) is 18.1 Å². The average Bonchev–Trinajstić information content (AvgIpc) is 3.59. The lowest BCUT2D eigenvalue weighted by Crippen LogP contribution is -1.92. The van der Waals surface area contributed by atoms with E-state index in [1.807, 2.05) is 36.4 Å². The van der Waals surface area contributed by atoms with Crippen molar-refractivity contribution in [3.63, 3.8) is 0 Å². The molecule has 41 heavy (non-hydrogen) atoms. The summed E-state index contributed by atoms with van der Waals surface area (Å²) >= 11 is 0. The predicted octanol–water partition coefficient (Wildman–Crippen LogP) is 11.5. The zero-order valence-corrected chi connectivity index (χ0v) is 21.1. The highest BCUT2D eigenvalue weighted by atomic mass is 16.3. The zero-order valence-electron chi connectivity index (χ0n) is 36.1. The fourth-order valence-corrected chi connectivity index (χ4v) is 5.91. The van der Waals surface area contributed by atoms with Crippen molar-refractivity contribution in [1.82, 2.24) is 0 Å². The third-order valence-electron chi connectivity index (χ3n) is 7.59. The van der Waals surface area contributed by atoms with Crippen LogP contribution in [0.25, 0.3) is 87.3 Å². The standard InChI is InChI=1S/C40H24O/c1-3-14-27-25(11-1)13-9-20-29(27)37-30-16-5-7-18-32(30)38(33-19-8-6-17-31(33)37)34-21-10-22-36-39(34)35-24-23-26-12-2-4-15-28(26)40(35)41-36/h1-24H/i1D,3D,5D,6D,7D,8D,9D,11D,13D,14D,16D,17D,18D,19D,20D. The van der Waals surface area contributed by atoms with Crippen LogP contribution in [0.3, 0.4) is 0 Å². The summed E-state index contributed by atoms with van der Waals surface area (Å²) in [6.07, 6.45) is 0. The fraction of sp³-hybridized carbons (Fsp3) is 0. The second-order valence-corrected chi connectivity index (χ2v) is 9.69. The first-order valence-electron chi connectivity index (χ1n) is 20.4. The van der Waals surface area contributed by atoms with E-state index in [1.54, 1.807) is 18.2 Å². The maximum atomic E-state index is 9.40. The summed E-state index contributed by atoms with van der Waals surface area (Å²) in [5, 5.41) is 0.974. The Morgan fingerprint density at radius 2 is 1.05 bits per heavy atom. The molecule has 9 aromatic rings. The van der Waals surface area contributed by atoms with Gasteiger partial charge >= 0.3 is 0 Å². The summed E-state index contributed by atoms with van der Waals surface area (Å²) in [5.74, 6) is 0. The maximum Gasteiger partial charge on any atom is 0.143 e. The van der Waals surface area contributed by atoms with E-state index in [9.17, 15) is 6.85 Å². The minimum absolute atomic E-state index is 0.0140. The largest absolute Gasteiger partial charge is 0.455 e. The molecule has 0 atom stereocenters. The highest BCUT2D eigenvalue weighted by Gasteiger charge is 2.21. The number of hydrogen-bond acceptors (Lipinski definition) is 1. The lowest BCUT2D eigenvalue weighted by Gasteiger charge is -2.19. The van der Waals surface area contributed by atoms with E-state index >= 15 is 0 Å². The minimum Gasteiger partial charge on any atom is -0.455 e.